The number of methoxy groups -OCH3 is 1. The van der Waals surface area contributed by atoms with Gasteiger partial charge in [0.05, 0.1) is 5.92 Å². The predicted octanol–water partition coefficient (Wildman–Crippen LogP) is 2.67. The van der Waals surface area contributed by atoms with Crippen LogP contribution >= 0.6 is 0 Å². The number of ketones is 2. The number of hydrogen-bond donors (Lipinski definition) is 1. The van der Waals surface area contributed by atoms with E-state index < -0.39 is 12.0 Å². The molecule has 0 aromatic heterocycles. The molecule has 1 aliphatic rings. The summed E-state index contributed by atoms with van der Waals surface area (Å²) < 4.78 is 5.18. The summed E-state index contributed by atoms with van der Waals surface area (Å²) in [5.41, 5.74) is -0.0457. The summed E-state index contributed by atoms with van der Waals surface area (Å²) in [6.07, 6.45) is 0.747. The lowest BCUT2D eigenvalue weighted by atomic mass is 9.93. The second-order valence-corrected chi connectivity index (χ2v) is 5.88. The minimum Gasteiger partial charge on any atom is -0.511 e. The maximum Gasteiger partial charge on any atom is 0.199 e. The quantitative estimate of drug-likeness (QED) is 0.473. The third-order valence-corrected chi connectivity index (χ3v) is 3.57. The average Bonchev–Trinajstić information content (AvgIpc) is 2.56. The number of ether oxygens (including phenoxy) is 1. The smallest absolute Gasteiger partial charge is 0.199 e. The summed E-state index contributed by atoms with van der Waals surface area (Å²) in [4.78, 5) is 24.5. The van der Waals surface area contributed by atoms with Crippen molar-refractivity contribution in [2.24, 2.45) is 17.8 Å². The van der Waals surface area contributed by atoms with Crippen molar-refractivity contribution in [3.63, 3.8) is 0 Å². The number of aliphatic hydroxyl groups is 1. The fourth-order valence-electron chi connectivity index (χ4n) is 2.38. The Morgan fingerprint density at radius 3 is 2.21 bits per heavy atom. The zero-order valence-corrected chi connectivity index (χ0v) is 12.4. The number of hydrogen-bond acceptors (Lipinski definition) is 4. The molecule has 0 amide bonds. The van der Waals surface area contributed by atoms with E-state index in [-0.39, 0.29) is 28.8 Å². The molecule has 1 fully saturated rings. The van der Waals surface area contributed by atoms with Gasteiger partial charge in [-0.05, 0) is 12.3 Å². The zero-order chi connectivity index (χ0) is 14.7. The van der Waals surface area contributed by atoms with E-state index in [1.165, 1.54) is 7.11 Å². The van der Waals surface area contributed by atoms with Gasteiger partial charge in [0.1, 0.15) is 17.4 Å². The molecule has 0 aromatic carbocycles. The Bertz CT molecular complexity index is 393. The van der Waals surface area contributed by atoms with E-state index in [4.69, 9.17) is 4.74 Å². The van der Waals surface area contributed by atoms with Crippen molar-refractivity contribution in [1.82, 2.24) is 0 Å². The van der Waals surface area contributed by atoms with Crippen LogP contribution in [0.3, 0.4) is 0 Å². The first-order valence-corrected chi connectivity index (χ1v) is 6.85. The Morgan fingerprint density at radius 2 is 1.79 bits per heavy atom. The van der Waals surface area contributed by atoms with E-state index in [9.17, 15) is 14.7 Å². The molecule has 1 aliphatic carbocycles. The van der Waals surface area contributed by atoms with Gasteiger partial charge < -0.3 is 9.84 Å². The molecule has 1 rings (SSSR count). The number of carbonyl (C=O) groups is 2. The monoisotopic (exact) mass is 268 g/mol. The second-order valence-electron chi connectivity index (χ2n) is 5.88. The molecule has 108 valence electrons. The van der Waals surface area contributed by atoms with Gasteiger partial charge in [-0.15, -0.1) is 0 Å². The molecule has 0 aliphatic heterocycles. The van der Waals surface area contributed by atoms with Crippen molar-refractivity contribution in [3.8, 4) is 0 Å². The van der Waals surface area contributed by atoms with Crippen LogP contribution in [0.15, 0.2) is 11.3 Å². The molecule has 0 aromatic rings. The Balaban J connectivity index is 3.05. The number of carbonyl (C=O) groups excluding carboxylic acids is 2. The highest BCUT2D eigenvalue weighted by molar-refractivity contribution is 6.28. The van der Waals surface area contributed by atoms with E-state index in [1.807, 2.05) is 0 Å². The fraction of sp³-hybridized carbons (Fsp3) is 0.733. The van der Waals surface area contributed by atoms with Crippen LogP contribution in [0.4, 0.5) is 0 Å². The Kier molecular flexibility index (Phi) is 5.29. The maximum atomic E-state index is 12.3. The molecule has 0 saturated heterocycles. The third-order valence-electron chi connectivity index (χ3n) is 3.57. The van der Waals surface area contributed by atoms with Crippen LogP contribution in [0.5, 0.6) is 0 Å². The highest BCUT2D eigenvalue weighted by atomic mass is 16.5. The minimum atomic E-state index is -0.734. The van der Waals surface area contributed by atoms with Gasteiger partial charge in [-0.2, -0.15) is 0 Å². The van der Waals surface area contributed by atoms with Gasteiger partial charge in [0.2, 0.25) is 0 Å². The molecule has 0 bridgehead atoms. The minimum absolute atomic E-state index is 0.0457. The van der Waals surface area contributed by atoms with Crippen molar-refractivity contribution in [3.05, 3.63) is 11.3 Å². The molecule has 4 heteroatoms. The zero-order valence-electron chi connectivity index (χ0n) is 12.4. The average molecular weight is 268 g/mol. The van der Waals surface area contributed by atoms with Gasteiger partial charge in [0, 0.05) is 13.0 Å². The van der Waals surface area contributed by atoms with Gasteiger partial charge in [-0.25, -0.2) is 0 Å². The lowest BCUT2D eigenvalue weighted by Gasteiger charge is -2.15. The van der Waals surface area contributed by atoms with Gasteiger partial charge in [-0.3, -0.25) is 9.59 Å². The topological polar surface area (TPSA) is 63.6 Å². The van der Waals surface area contributed by atoms with Crippen LogP contribution in [0.2, 0.25) is 0 Å². The molecule has 0 radical (unpaired) electrons. The van der Waals surface area contributed by atoms with Gasteiger partial charge in [-0.1, -0.05) is 34.1 Å². The molecule has 2 unspecified atom stereocenters. The predicted molar refractivity (Wildman–Crippen MR) is 72.9 cm³/mol. The molecule has 2 atom stereocenters. The molecule has 1 saturated carbocycles. The standard InChI is InChI=1S/C15H24O4/c1-8(2)6-7-10-13(17)11(12(16)9(3)4)14(18)15(10)19-5/h8-10,15-16H,6-7H2,1-5H3. The van der Waals surface area contributed by atoms with E-state index in [2.05, 4.69) is 13.8 Å². The highest BCUT2D eigenvalue weighted by Gasteiger charge is 2.47. The van der Waals surface area contributed by atoms with E-state index in [1.54, 1.807) is 13.8 Å². The summed E-state index contributed by atoms with van der Waals surface area (Å²) in [5, 5.41) is 9.96. The maximum absolute atomic E-state index is 12.3. The number of Topliss-reactive ketones (excluding diaryl/α,β-unsaturated/α-hetero) is 2. The lowest BCUT2D eigenvalue weighted by molar-refractivity contribution is -0.126. The molecular weight excluding hydrogens is 244 g/mol. The number of aliphatic hydroxyl groups excluding tert-OH is 1. The van der Waals surface area contributed by atoms with Crippen LogP contribution < -0.4 is 0 Å². The largest absolute Gasteiger partial charge is 0.511 e. The Hall–Kier alpha value is -1.16. The normalized spacial score (nSPS) is 26.7. The number of allylic oxidation sites excluding steroid dienone is 1. The molecular formula is C15H24O4. The highest BCUT2D eigenvalue weighted by Crippen LogP contribution is 2.33. The first-order chi connectivity index (χ1) is 8.81. The van der Waals surface area contributed by atoms with E-state index >= 15 is 0 Å². The van der Waals surface area contributed by atoms with E-state index in [0.717, 1.165) is 6.42 Å². The molecule has 0 heterocycles. The van der Waals surface area contributed by atoms with Crippen molar-refractivity contribution < 1.29 is 19.4 Å². The summed E-state index contributed by atoms with van der Waals surface area (Å²) in [6.45, 7) is 7.66. The van der Waals surface area contributed by atoms with Crippen LogP contribution in [-0.2, 0) is 14.3 Å². The molecule has 1 N–H and O–H groups in total. The lowest BCUT2D eigenvalue weighted by Crippen LogP contribution is -2.26. The molecule has 19 heavy (non-hydrogen) atoms. The van der Waals surface area contributed by atoms with Gasteiger partial charge in [0.15, 0.2) is 11.6 Å². The SMILES string of the molecule is COC1C(=O)C(=C(O)C(C)C)C(=O)C1CCC(C)C. The van der Waals surface area contributed by atoms with Gasteiger partial charge >= 0.3 is 0 Å². The summed E-state index contributed by atoms with van der Waals surface area (Å²) in [6, 6.07) is 0. The van der Waals surface area contributed by atoms with Crippen LogP contribution in [0.25, 0.3) is 0 Å². The molecule has 4 nitrogen and oxygen atoms in total. The second kappa shape index (κ2) is 6.33. The van der Waals surface area contributed by atoms with Crippen LogP contribution in [-0.4, -0.2) is 29.9 Å². The van der Waals surface area contributed by atoms with E-state index in [0.29, 0.717) is 12.3 Å². The third kappa shape index (κ3) is 3.24. The summed E-state index contributed by atoms with van der Waals surface area (Å²) in [5.74, 6) is -0.951. The number of rotatable bonds is 5. The summed E-state index contributed by atoms with van der Waals surface area (Å²) >= 11 is 0. The van der Waals surface area contributed by atoms with Crippen molar-refractivity contribution in [1.29, 1.82) is 0 Å². The molecule has 0 spiro atoms. The first kappa shape index (κ1) is 15.9. The van der Waals surface area contributed by atoms with Crippen LogP contribution in [0.1, 0.15) is 40.5 Å². The fourth-order valence-corrected chi connectivity index (χ4v) is 2.38. The Morgan fingerprint density at radius 1 is 1.21 bits per heavy atom. The van der Waals surface area contributed by atoms with Crippen molar-refractivity contribution in [2.75, 3.05) is 7.11 Å². The summed E-state index contributed by atoms with van der Waals surface area (Å²) in [7, 11) is 1.44. The van der Waals surface area contributed by atoms with Crippen molar-refractivity contribution in [2.45, 2.75) is 46.6 Å². The van der Waals surface area contributed by atoms with Crippen LogP contribution in [0, 0.1) is 17.8 Å². The first-order valence-electron chi connectivity index (χ1n) is 6.85. The van der Waals surface area contributed by atoms with Gasteiger partial charge in [0.25, 0.3) is 0 Å². The Labute approximate surface area is 114 Å². The van der Waals surface area contributed by atoms with Crippen molar-refractivity contribution >= 4 is 11.6 Å².